The Morgan fingerprint density at radius 3 is 2.31 bits per heavy atom. The molecular formula is C19H17F2N3O4S. The first kappa shape index (κ1) is 20.7. The molecule has 1 aliphatic rings. The zero-order valence-electron chi connectivity index (χ0n) is 15.2. The number of ether oxygens (including phenoxy) is 1. The summed E-state index contributed by atoms with van der Waals surface area (Å²) in [6, 6.07) is 10.3. The van der Waals surface area contributed by atoms with Crippen LogP contribution in [0, 0.1) is 23.0 Å². The average Bonchev–Trinajstić information content (AvgIpc) is 2.73. The van der Waals surface area contributed by atoms with E-state index >= 15 is 0 Å². The van der Waals surface area contributed by atoms with E-state index in [0.717, 1.165) is 12.1 Å². The van der Waals surface area contributed by atoms with Gasteiger partial charge in [0.15, 0.2) is 18.2 Å². The third kappa shape index (κ3) is 4.70. The van der Waals surface area contributed by atoms with Gasteiger partial charge in [-0.25, -0.2) is 17.2 Å². The number of nitriles is 1. The lowest BCUT2D eigenvalue weighted by Gasteiger charge is -2.34. The maximum atomic E-state index is 13.6. The number of hydrogen-bond acceptors (Lipinski definition) is 5. The van der Waals surface area contributed by atoms with Crippen molar-refractivity contribution in [2.75, 3.05) is 32.8 Å². The Bertz CT molecular complexity index is 1040. The topological polar surface area (TPSA) is 90.7 Å². The quantitative estimate of drug-likeness (QED) is 0.734. The Morgan fingerprint density at radius 1 is 1.07 bits per heavy atom. The Labute approximate surface area is 166 Å². The van der Waals surface area contributed by atoms with Gasteiger partial charge >= 0.3 is 0 Å². The minimum absolute atomic E-state index is 0.0754. The van der Waals surface area contributed by atoms with Gasteiger partial charge in [0, 0.05) is 32.2 Å². The number of benzene rings is 2. The van der Waals surface area contributed by atoms with E-state index in [1.54, 1.807) is 0 Å². The van der Waals surface area contributed by atoms with Gasteiger partial charge in [-0.3, -0.25) is 4.79 Å². The Balaban J connectivity index is 1.56. The van der Waals surface area contributed by atoms with Gasteiger partial charge in [0.05, 0.1) is 16.5 Å². The van der Waals surface area contributed by atoms with Crippen LogP contribution in [-0.4, -0.2) is 56.3 Å². The number of nitrogens with zero attached hydrogens (tertiary/aromatic N) is 3. The summed E-state index contributed by atoms with van der Waals surface area (Å²) in [5.74, 6) is -2.32. The molecule has 1 fully saturated rings. The fourth-order valence-corrected chi connectivity index (χ4v) is 4.27. The van der Waals surface area contributed by atoms with E-state index in [2.05, 4.69) is 0 Å². The Hall–Kier alpha value is -3.03. The summed E-state index contributed by atoms with van der Waals surface area (Å²) in [7, 11) is -3.73. The van der Waals surface area contributed by atoms with E-state index in [1.165, 1.54) is 33.5 Å². The van der Waals surface area contributed by atoms with Gasteiger partial charge < -0.3 is 9.64 Å². The number of carbonyl (C=O) groups is 1. The van der Waals surface area contributed by atoms with Crippen molar-refractivity contribution in [3.8, 4) is 11.8 Å². The van der Waals surface area contributed by atoms with E-state index in [-0.39, 0.29) is 36.8 Å². The summed E-state index contributed by atoms with van der Waals surface area (Å²) in [5.41, 5.74) is 0.358. The average molecular weight is 421 g/mol. The molecule has 10 heteroatoms. The SMILES string of the molecule is N#Cc1ccc(S(=O)(=O)N2CCN(C(=O)COc3ccc(F)cc3F)CC2)cc1. The monoisotopic (exact) mass is 421 g/mol. The van der Waals surface area contributed by atoms with Crippen molar-refractivity contribution in [1.29, 1.82) is 5.26 Å². The van der Waals surface area contributed by atoms with Crippen LogP contribution in [0.3, 0.4) is 0 Å². The molecular weight excluding hydrogens is 404 g/mol. The third-order valence-electron chi connectivity index (χ3n) is 4.46. The lowest BCUT2D eigenvalue weighted by atomic mass is 10.2. The second kappa shape index (κ2) is 8.55. The number of hydrogen-bond donors (Lipinski definition) is 0. The number of amides is 1. The summed E-state index contributed by atoms with van der Waals surface area (Å²) in [6.07, 6.45) is 0. The highest BCUT2D eigenvalue weighted by Gasteiger charge is 2.30. The van der Waals surface area contributed by atoms with Crippen LogP contribution in [0.25, 0.3) is 0 Å². The molecule has 0 atom stereocenters. The molecule has 1 saturated heterocycles. The van der Waals surface area contributed by atoms with Crippen LogP contribution in [0.5, 0.6) is 5.75 Å². The first-order valence-corrected chi connectivity index (χ1v) is 10.1. The molecule has 0 unspecified atom stereocenters. The number of rotatable bonds is 5. The standard InChI is InChI=1S/C19H17F2N3O4S/c20-15-3-6-18(17(21)11-15)28-13-19(25)23-7-9-24(10-8-23)29(26,27)16-4-1-14(12-22)2-5-16/h1-6,11H,7-10,13H2. The van der Waals surface area contributed by atoms with Gasteiger partial charge in [-0.2, -0.15) is 9.57 Å². The second-order valence-corrected chi connectivity index (χ2v) is 8.22. The number of piperazine rings is 1. The predicted molar refractivity (Wildman–Crippen MR) is 98.3 cm³/mol. The van der Waals surface area contributed by atoms with Crippen LogP contribution in [0.4, 0.5) is 8.78 Å². The molecule has 0 saturated carbocycles. The Kier molecular flexibility index (Phi) is 6.10. The molecule has 0 spiro atoms. The first-order valence-electron chi connectivity index (χ1n) is 8.67. The molecule has 2 aromatic rings. The largest absolute Gasteiger partial charge is 0.481 e. The maximum absolute atomic E-state index is 13.6. The predicted octanol–water partition coefficient (Wildman–Crippen LogP) is 1.75. The zero-order chi connectivity index (χ0) is 21.0. The molecule has 0 aromatic heterocycles. The number of sulfonamides is 1. The highest BCUT2D eigenvalue weighted by Crippen LogP contribution is 2.20. The van der Waals surface area contributed by atoms with Crippen molar-refractivity contribution < 1.29 is 26.7 Å². The summed E-state index contributed by atoms with van der Waals surface area (Å²) in [6.45, 7) is 0.0656. The normalized spacial score (nSPS) is 15.0. The van der Waals surface area contributed by atoms with Gasteiger partial charge in [-0.15, -0.1) is 0 Å². The molecule has 29 heavy (non-hydrogen) atoms. The molecule has 2 aromatic carbocycles. The van der Waals surface area contributed by atoms with Gasteiger partial charge in [0.1, 0.15) is 5.82 Å². The first-order chi connectivity index (χ1) is 13.8. The summed E-state index contributed by atoms with van der Waals surface area (Å²) < 4.78 is 58.2. The third-order valence-corrected chi connectivity index (χ3v) is 6.37. The van der Waals surface area contributed by atoms with E-state index in [1.807, 2.05) is 6.07 Å². The lowest BCUT2D eigenvalue weighted by molar-refractivity contribution is -0.134. The zero-order valence-corrected chi connectivity index (χ0v) is 16.0. The highest BCUT2D eigenvalue weighted by molar-refractivity contribution is 7.89. The van der Waals surface area contributed by atoms with E-state index in [0.29, 0.717) is 11.6 Å². The number of carbonyl (C=O) groups excluding carboxylic acids is 1. The van der Waals surface area contributed by atoms with Crippen LogP contribution in [-0.2, 0) is 14.8 Å². The second-order valence-electron chi connectivity index (χ2n) is 6.28. The van der Waals surface area contributed by atoms with E-state index in [4.69, 9.17) is 10.00 Å². The minimum Gasteiger partial charge on any atom is -0.481 e. The van der Waals surface area contributed by atoms with Gasteiger partial charge in [-0.05, 0) is 36.4 Å². The smallest absolute Gasteiger partial charge is 0.260 e. The molecule has 1 amide bonds. The maximum Gasteiger partial charge on any atom is 0.260 e. The minimum atomic E-state index is -3.73. The van der Waals surface area contributed by atoms with Crippen molar-refractivity contribution in [2.45, 2.75) is 4.90 Å². The summed E-state index contributed by atoms with van der Waals surface area (Å²) >= 11 is 0. The van der Waals surface area contributed by atoms with Gasteiger partial charge in [0.2, 0.25) is 10.0 Å². The molecule has 0 N–H and O–H groups in total. The van der Waals surface area contributed by atoms with Crippen molar-refractivity contribution >= 4 is 15.9 Å². The van der Waals surface area contributed by atoms with E-state index in [9.17, 15) is 22.0 Å². The fraction of sp³-hybridized carbons (Fsp3) is 0.263. The fourth-order valence-electron chi connectivity index (χ4n) is 2.85. The molecule has 1 heterocycles. The highest BCUT2D eigenvalue weighted by atomic mass is 32.2. The van der Waals surface area contributed by atoms with Crippen molar-refractivity contribution in [2.24, 2.45) is 0 Å². The summed E-state index contributed by atoms with van der Waals surface area (Å²) in [4.78, 5) is 13.8. The van der Waals surface area contributed by atoms with Crippen molar-refractivity contribution in [3.05, 3.63) is 59.7 Å². The molecule has 0 bridgehead atoms. The molecule has 152 valence electrons. The van der Waals surface area contributed by atoms with Crippen molar-refractivity contribution in [1.82, 2.24) is 9.21 Å². The lowest BCUT2D eigenvalue weighted by Crippen LogP contribution is -2.51. The van der Waals surface area contributed by atoms with Crippen LogP contribution in [0.2, 0.25) is 0 Å². The summed E-state index contributed by atoms with van der Waals surface area (Å²) in [5, 5.41) is 8.81. The van der Waals surface area contributed by atoms with Crippen molar-refractivity contribution in [3.63, 3.8) is 0 Å². The van der Waals surface area contributed by atoms with E-state index < -0.39 is 34.2 Å². The van der Waals surface area contributed by atoms with Crippen LogP contribution >= 0.6 is 0 Å². The van der Waals surface area contributed by atoms with Crippen LogP contribution in [0.15, 0.2) is 47.4 Å². The van der Waals surface area contributed by atoms with Gasteiger partial charge in [0.25, 0.3) is 5.91 Å². The van der Waals surface area contributed by atoms with Crippen LogP contribution in [0.1, 0.15) is 5.56 Å². The molecule has 0 radical (unpaired) electrons. The van der Waals surface area contributed by atoms with Gasteiger partial charge in [-0.1, -0.05) is 0 Å². The molecule has 3 rings (SSSR count). The Morgan fingerprint density at radius 2 is 1.72 bits per heavy atom. The number of halogens is 2. The molecule has 1 aliphatic heterocycles. The molecule has 0 aliphatic carbocycles. The molecule has 7 nitrogen and oxygen atoms in total. The van der Waals surface area contributed by atoms with Crippen LogP contribution < -0.4 is 4.74 Å².